The molecule has 0 spiro atoms. The molecule has 17 heteroatoms. The summed E-state index contributed by atoms with van der Waals surface area (Å²) in [6.45, 7) is 6.57. The number of aromatic nitrogens is 7. The summed E-state index contributed by atoms with van der Waals surface area (Å²) < 4.78 is 3.24. The number of hydrogen-bond donors (Lipinski definition) is 3. The first-order valence-corrected chi connectivity index (χ1v) is 21.6. The van der Waals surface area contributed by atoms with E-state index in [1.807, 2.05) is 48.8 Å². The van der Waals surface area contributed by atoms with Gasteiger partial charge in [0.2, 0.25) is 11.8 Å². The highest BCUT2D eigenvalue weighted by atomic mass is 16.2. The Kier molecular flexibility index (Phi) is 10.8. The third-order valence-corrected chi connectivity index (χ3v) is 13.0. The number of carbonyl (C=O) groups excluding carboxylic acids is 3. The van der Waals surface area contributed by atoms with Crippen molar-refractivity contribution in [3.05, 3.63) is 101 Å². The molecule has 3 aromatic heterocycles. The van der Waals surface area contributed by atoms with Crippen LogP contribution in [0, 0.1) is 5.92 Å². The summed E-state index contributed by atoms with van der Waals surface area (Å²) in [5.41, 5.74) is 5.58. The molecule has 3 amide bonds. The van der Waals surface area contributed by atoms with Crippen molar-refractivity contribution in [2.75, 3.05) is 60.9 Å². The minimum atomic E-state index is -0.853. The molecule has 3 N–H and O–H groups in total. The monoisotopic (exact) mass is 835 g/mol. The highest BCUT2D eigenvalue weighted by Crippen LogP contribution is 2.36. The second-order valence-corrected chi connectivity index (χ2v) is 17.0. The third kappa shape index (κ3) is 8.07. The first-order valence-electron chi connectivity index (χ1n) is 21.6. The Balaban J connectivity index is 0.696. The van der Waals surface area contributed by atoms with Crippen LogP contribution in [0.25, 0.3) is 22.1 Å². The van der Waals surface area contributed by atoms with E-state index in [4.69, 9.17) is 0 Å². The Labute approximate surface area is 357 Å². The molecule has 318 valence electrons. The summed E-state index contributed by atoms with van der Waals surface area (Å²) in [5.74, 6) is 0.406. The number of anilines is 4. The van der Waals surface area contributed by atoms with E-state index in [0.29, 0.717) is 29.1 Å². The smallest absolute Gasteiger partial charge is 0.280 e. The van der Waals surface area contributed by atoms with Gasteiger partial charge < -0.3 is 25.0 Å². The standard InChI is InChI=1S/C45H49N13O4/c59-38-14-13-37(44(61)51-38)58-45(62)40-35(52-53-58)7-4-8-36(40)56-17-15-30(16-18-56)26-54-19-21-55(22-20-54)33-11-9-31(10-12-33)50-42-41-43(47-27-46-42)57(28-48-41)34-24-32(25-34)49-39(60)23-29-5-2-1-3-6-29/h1-12,27-28,30,32,34,37H,13-26H2,(H,49,60)(H,46,47,50)(H,51,59,61)/t32?,34?,37-/m0/s1. The van der Waals surface area contributed by atoms with E-state index < -0.39 is 11.9 Å². The van der Waals surface area contributed by atoms with E-state index in [1.165, 1.54) is 5.69 Å². The number of imidazole rings is 1. The van der Waals surface area contributed by atoms with Crippen LogP contribution < -0.4 is 31.3 Å². The molecule has 4 aliphatic rings. The molecule has 3 aromatic carbocycles. The molecule has 10 rings (SSSR count). The van der Waals surface area contributed by atoms with E-state index in [1.54, 1.807) is 12.4 Å². The van der Waals surface area contributed by atoms with E-state index >= 15 is 0 Å². The second-order valence-electron chi connectivity index (χ2n) is 17.0. The fraction of sp³-hybridized carbons (Fsp3) is 0.400. The Morgan fingerprint density at radius 2 is 1.60 bits per heavy atom. The molecule has 3 aliphatic heterocycles. The van der Waals surface area contributed by atoms with E-state index in [0.717, 1.165) is 104 Å². The van der Waals surface area contributed by atoms with Gasteiger partial charge in [-0.1, -0.05) is 41.6 Å². The third-order valence-electron chi connectivity index (χ3n) is 13.0. The molecule has 1 aliphatic carbocycles. The van der Waals surface area contributed by atoms with Crippen molar-refractivity contribution in [2.24, 2.45) is 5.92 Å². The lowest BCUT2D eigenvalue weighted by molar-refractivity contribution is -0.136. The van der Waals surface area contributed by atoms with Gasteiger partial charge in [0.1, 0.15) is 17.9 Å². The summed E-state index contributed by atoms with van der Waals surface area (Å²) in [4.78, 5) is 71.6. The van der Waals surface area contributed by atoms with Crippen LogP contribution in [-0.2, 0) is 20.8 Å². The molecule has 6 aromatic rings. The van der Waals surface area contributed by atoms with Gasteiger partial charge in [-0.2, -0.15) is 4.68 Å². The van der Waals surface area contributed by atoms with Gasteiger partial charge in [0.05, 0.1) is 23.8 Å². The van der Waals surface area contributed by atoms with Crippen molar-refractivity contribution in [1.82, 2.24) is 50.0 Å². The summed E-state index contributed by atoms with van der Waals surface area (Å²) in [6.07, 6.45) is 7.87. The predicted molar refractivity (Wildman–Crippen MR) is 234 cm³/mol. The molecular formula is C45H49N13O4. The number of nitrogens with zero attached hydrogens (tertiary/aromatic N) is 10. The molecule has 1 saturated carbocycles. The number of benzene rings is 3. The molecule has 4 fully saturated rings. The van der Waals surface area contributed by atoms with Gasteiger partial charge in [-0.25, -0.2) is 15.0 Å². The average molecular weight is 836 g/mol. The van der Waals surface area contributed by atoms with Gasteiger partial charge in [-0.05, 0) is 80.0 Å². The number of fused-ring (bicyclic) bond motifs is 2. The zero-order valence-corrected chi connectivity index (χ0v) is 34.4. The van der Waals surface area contributed by atoms with Gasteiger partial charge in [0, 0.05) is 75.7 Å². The summed E-state index contributed by atoms with van der Waals surface area (Å²) in [7, 11) is 0. The van der Waals surface area contributed by atoms with Gasteiger partial charge in [0.25, 0.3) is 11.5 Å². The molecule has 0 unspecified atom stereocenters. The molecule has 62 heavy (non-hydrogen) atoms. The van der Waals surface area contributed by atoms with Crippen molar-refractivity contribution >= 4 is 62.7 Å². The maximum absolute atomic E-state index is 13.7. The highest BCUT2D eigenvalue weighted by molar-refractivity contribution is 5.99. The number of rotatable bonds is 11. The average Bonchev–Trinajstić information content (AvgIpc) is 3.71. The predicted octanol–water partition coefficient (Wildman–Crippen LogP) is 3.75. The number of carbonyl (C=O) groups is 3. The fourth-order valence-electron chi connectivity index (χ4n) is 9.47. The van der Waals surface area contributed by atoms with Crippen LogP contribution >= 0.6 is 0 Å². The summed E-state index contributed by atoms with van der Waals surface area (Å²) >= 11 is 0. The van der Waals surface area contributed by atoms with E-state index in [-0.39, 0.29) is 42.3 Å². The van der Waals surface area contributed by atoms with Crippen molar-refractivity contribution < 1.29 is 14.4 Å². The Bertz CT molecular complexity index is 2660. The maximum atomic E-state index is 13.7. The van der Waals surface area contributed by atoms with Gasteiger partial charge in [-0.15, -0.1) is 5.10 Å². The Morgan fingerprint density at radius 1 is 0.806 bits per heavy atom. The molecule has 3 saturated heterocycles. The molecule has 0 bridgehead atoms. The number of amides is 3. The van der Waals surface area contributed by atoms with Crippen molar-refractivity contribution in [2.45, 2.75) is 63.1 Å². The molecule has 6 heterocycles. The number of piperidine rings is 2. The Hall–Kier alpha value is -6.75. The van der Waals surface area contributed by atoms with Crippen LogP contribution in [0.4, 0.5) is 22.9 Å². The summed E-state index contributed by atoms with van der Waals surface area (Å²) in [5, 5.41) is 17.8. The van der Waals surface area contributed by atoms with Crippen LogP contribution in [0.15, 0.2) is 90.2 Å². The highest BCUT2D eigenvalue weighted by Gasteiger charge is 2.34. The van der Waals surface area contributed by atoms with Gasteiger partial charge >= 0.3 is 0 Å². The zero-order valence-electron chi connectivity index (χ0n) is 34.4. The zero-order chi connectivity index (χ0) is 42.2. The quantitative estimate of drug-likeness (QED) is 0.160. The number of piperazine rings is 1. The molecule has 17 nitrogen and oxygen atoms in total. The lowest BCUT2D eigenvalue weighted by Gasteiger charge is -2.40. The van der Waals surface area contributed by atoms with Gasteiger partial charge in [-0.3, -0.25) is 29.4 Å². The van der Waals surface area contributed by atoms with Gasteiger partial charge in [0.15, 0.2) is 17.0 Å². The first-order chi connectivity index (χ1) is 30.3. The van der Waals surface area contributed by atoms with Crippen LogP contribution in [0.2, 0.25) is 0 Å². The lowest BCUT2D eigenvalue weighted by Crippen LogP contribution is -2.49. The van der Waals surface area contributed by atoms with Crippen molar-refractivity contribution in [1.29, 1.82) is 0 Å². The van der Waals surface area contributed by atoms with Crippen LogP contribution in [0.5, 0.6) is 0 Å². The molecule has 0 radical (unpaired) electrons. The topological polar surface area (TPSA) is 188 Å². The van der Waals surface area contributed by atoms with Crippen LogP contribution in [0.1, 0.15) is 56.2 Å². The summed E-state index contributed by atoms with van der Waals surface area (Å²) in [6, 6.07) is 23.4. The number of hydrogen-bond acceptors (Lipinski definition) is 13. The van der Waals surface area contributed by atoms with E-state index in [2.05, 4.69) is 84.7 Å². The maximum Gasteiger partial charge on any atom is 0.280 e. The Morgan fingerprint density at radius 3 is 2.37 bits per heavy atom. The molecule has 1 atom stereocenters. The van der Waals surface area contributed by atoms with E-state index in [9.17, 15) is 19.2 Å². The fourth-order valence-corrected chi connectivity index (χ4v) is 9.47. The first kappa shape index (κ1) is 39.4. The number of nitrogens with one attached hydrogen (secondary N) is 3. The number of imide groups is 1. The van der Waals surface area contributed by atoms with Crippen LogP contribution in [-0.4, -0.2) is 109 Å². The minimum absolute atomic E-state index is 0.0462. The minimum Gasteiger partial charge on any atom is -0.371 e. The van der Waals surface area contributed by atoms with Crippen molar-refractivity contribution in [3.8, 4) is 0 Å². The second kappa shape index (κ2) is 17.0. The van der Waals surface area contributed by atoms with Crippen molar-refractivity contribution in [3.63, 3.8) is 0 Å². The SMILES string of the molecule is O=C1CC[C@H](n2nnc3cccc(N4CCC(CN5CCN(c6ccc(Nc7ncnc8c7ncn8C7CC(NC(=O)Cc8ccccc8)C7)cc6)CC5)CC4)c3c2=O)C(=O)N1. The van der Waals surface area contributed by atoms with Crippen LogP contribution in [0.3, 0.4) is 0 Å². The largest absolute Gasteiger partial charge is 0.371 e. The normalized spacial score (nSPS) is 21.2. The molecular weight excluding hydrogens is 787 g/mol. The lowest BCUT2D eigenvalue weighted by atomic mass is 9.86.